The number of carbonyl (C=O) groups is 10. The molecule has 20 N–H and O–H groups in total. The monoisotopic (exact) mass is 1200 g/mol. The molecule has 2 aromatic carbocycles. The third-order valence-corrected chi connectivity index (χ3v) is 14.1. The van der Waals surface area contributed by atoms with Gasteiger partial charge in [-0.25, -0.2) is 4.98 Å². The number of carboxylic acids is 1. The Morgan fingerprint density at radius 1 is 0.709 bits per heavy atom. The average molecular weight is 1200 g/mol. The first-order valence-electron chi connectivity index (χ1n) is 28.3. The average Bonchev–Trinajstić information content (AvgIpc) is 4.34. The SMILES string of the molecule is CCNC(=O)[C@@H]1CCCN1C(=O)[C@H](CCCN=C(N)N)NC(=O)[C@H](CC(C)C)NC(=O)[C@@H](CO)NC(=O)[C@H](Cc1ccc(O)cc1)NC(=O)[C@H](CO)NC(=O)[C@H](Cc1c[nH]c2ccccc12)NC(=O)[C@H](Cc1cnc[nH]1)NC(=O)[C@@H](N)CCC(=O)O. The number of aliphatic hydroxyl groups excluding tert-OH is 2. The molecule has 9 atom stereocenters. The molecule has 1 fully saturated rings. The number of imidazole rings is 1. The molecule has 30 heteroatoms. The molecule has 5 rings (SSSR count). The van der Waals surface area contributed by atoms with E-state index in [4.69, 9.17) is 22.3 Å². The molecule has 0 radical (unpaired) electrons. The largest absolute Gasteiger partial charge is 0.508 e. The zero-order chi connectivity index (χ0) is 63.0. The number of amides is 9. The normalized spacial score (nSPS) is 15.8. The van der Waals surface area contributed by atoms with E-state index in [1.54, 1.807) is 51.2 Å². The minimum absolute atomic E-state index is 0.0111. The summed E-state index contributed by atoms with van der Waals surface area (Å²) in [4.78, 5) is 152. The number of nitrogens with zero attached hydrogens (tertiary/aromatic N) is 3. The smallest absolute Gasteiger partial charge is 0.303 e. The number of hydrogen-bond acceptors (Lipinski definition) is 16. The Morgan fingerprint density at radius 2 is 1.27 bits per heavy atom. The van der Waals surface area contributed by atoms with Crippen molar-refractivity contribution in [2.24, 2.45) is 28.1 Å². The van der Waals surface area contributed by atoms with Gasteiger partial charge in [-0.3, -0.25) is 52.9 Å². The van der Waals surface area contributed by atoms with E-state index in [2.05, 4.69) is 62.5 Å². The van der Waals surface area contributed by atoms with E-state index in [0.29, 0.717) is 47.1 Å². The number of carboxylic acid groups (broad SMARTS) is 1. The lowest BCUT2D eigenvalue weighted by atomic mass is 10.0. The van der Waals surface area contributed by atoms with Crippen molar-refractivity contribution in [1.29, 1.82) is 0 Å². The Morgan fingerprint density at radius 3 is 1.85 bits per heavy atom. The second kappa shape index (κ2) is 33.4. The molecule has 30 nitrogen and oxygen atoms in total. The van der Waals surface area contributed by atoms with E-state index < -0.39 is 127 Å². The van der Waals surface area contributed by atoms with Crippen molar-refractivity contribution in [1.82, 2.24) is 62.4 Å². The van der Waals surface area contributed by atoms with Crippen LogP contribution >= 0.6 is 0 Å². The molecular formula is C56H80N16O14. The second-order valence-electron chi connectivity index (χ2n) is 21.2. The number of rotatable bonds is 34. The Kier molecular flexibility index (Phi) is 26.2. The molecule has 86 heavy (non-hydrogen) atoms. The van der Waals surface area contributed by atoms with Crippen molar-refractivity contribution in [3.05, 3.63) is 84.1 Å². The highest BCUT2D eigenvalue weighted by Gasteiger charge is 2.39. The van der Waals surface area contributed by atoms with E-state index in [9.17, 15) is 63.3 Å². The number of H-pyrrole nitrogens is 2. The first-order valence-corrected chi connectivity index (χ1v) is 28.3. The number of aliphatic carboxylic acids is 1. The third kappa shape index (κ3) is 20.6. The predicted molar refractivity (Wildman–Crippen MR) is 311 cm³/mol. The molecule has 1 saturated heterocycles. The number of phenolic OH excluding ortho intramolecular Hbond substituents is 1. The van der Waals surface area contributed by atoms with E-state index in [1.165, 1.54) is 41.7 Å². The molecule has 3 heterocycles. The number of aromatic hydroxyl groups is 1. The van der Waals surface area contributed by atoms with Gasteiger partial charge in [-0.15, -0.1) is 0 Å². The Labute approximate surface area is 495 Å². The summed E-state index contributed by atoms with van der Waals surface area (Å²) in [6.07, 6.45) is 4.10. The van der Waals surface area contributed by atoms with Gasteiger partial charge in [0.25, 0.3) is 0 Å². The fraction of sp³-hybridized carbons (Fsp3) is 0.500. The Balaban J connectivity index is 1.36. The van der Waals surface area contributed by atoms with Crippen LogP contribution in [0.3, 0.4) is 0 Å². The van der Waals surface area contributed by atoms with E-state index in [1.807, 2.05) is 0 Å². The highest BCUT2D eigenvalue weighted by Crippen LogP contribution is 2.22. The van der Waals surface area contributed by atoms with Crippen LogP contribution in [0.15, 0.2) is 72.2 Å². The number of nitrogens with two attached hydrogens (primary N) is 3. The van der Waals surface area contributed by atoms with Crippen LogP contribution in [0.4, 0.5) is 0 Å². The van der Waals surface area contributed by atoms with Crippen LogP contribution < -0.4 is 59.7 Å². The number of phenols is 1. The first-order chi connectivity index (χ1) is 41.0. The van der Waals surface area contributed by atoms with Gasteiger partial charge < -0.3 is 95.0 Å². The first kappa shape index (κ1) is 67.6. The van der Waals surface area contributed by atoms with Crippen LogP contribution in [0.5, 0.6) is 5.75 Å². The minimum atomic E-state index is -1.83. The van der Waals surface area contributed by atoms with Gasteiger partial charge in [-0.1, -0.05) is 44.2 Å². The maximum atomic E-state index is 14.5. The Bertz CT molecular complexity index is 2990. The van der Waals surface area contributed by atoms with Crippen LogP contribution in [0.2, 0.25) is 0 Å². The van der Waals surface area contributed by atoms with Gasteiger partial charge >= 0.3 is 5.97 Å². The van der Waals surface area contributed by atoms with Gasteiger partial charge in [-0.2, -0.15) is 0 Å². The molecule has 1 aliphatic heterocycles. The zero-order valence-corrected chi connectivity index (χ0v) is 48.2. The van der Waals surface area contributed by atoms with Gasteiger partial charge in [0.1, 0.15) is 54.1 Å². The number of carbonyl (C=O) groups excluding carboxylic acids is 9. The number of guanidine groups is 1. The second-order valence-corrected chi connectivity index (χ2v) is 21.2. The number of nitrogens with one attached hydrogen (secondary N) is 10. The fourth-order valence-electron chi connectivity index (χ4n) is 9.60. The number of aromatic amines is 2. The number of aliphatic hydroxyl groups is 2. The van der Waals surface area contributed by atoms with Crippen molar-refractivity contribution in [2.45, 2.75) is 139 Å². The molecule has 0 aliphatic carbocycles. The summed E-state index contributed by atoms with van der Waals surface area (Å²) < 4.78 is 0. The summed E-state index contributed by atoms with van der Waals surface area (Å²) in [7, 11) is 0. The molecule has 2 aromatic heterocycles. The minimum Gasteiger partial charge on any atom is -0.508 e. The highest BCUT2D eigenvalue weighted by molar-refractivity contribution is 5.99. The van der Waals surface area contributed by atoms with Crippen molar-refractivity contribution >= 4 is 76.0 Å². The van der Waals surface area contributed by atoms with E-state index in [-0.39, 0.29) is 81.6 Å². The Hall–Kier alpha value is -9.16. The quantitative estimate of drug-likeness (QED) is 0.0122. The number of fused-ring (bicyclic) bond motifs is 1. The number of likely N-dealkylation sites (N-methyl/N-ethyl adjacent to an activating group) is 1. The number of aromatic nitrogens is 3. The lowest BCUT2D eigenvalue weighted by Crippen LogP contribution is -2.62. The molecule has 0 bridgehead atoms. The number of hydrogen-bond donors (Lipinski definition) is 17. The van der Waals surface area contributed by atoms with Crippen molar-refractivity contribution in [3.63, 3.8) is 0 Å². The summed E-state index contributed by atoms with van der Waals surface area (Å²) in [5.74, 6) is -9.48. The number of aliphatic imine (C=N–C) groups is 1. The number of likely N-dealkylation sites (tertiary alicyclic amines) is 1. The van der Waals surface area contributed by atoms with Gasteiger partial charge in [0, 0.05) is 74.3 Å². The summed E-state index contributed by atoms with van der Waals surface area (Å²) in [5.41, 5.74) is 18.9. The molecule has 468 valence electrons. The van der Waals surface area contributed by atoms with Crippen molar-refractivity contribution in [3.8, 4) is 5.75 Å². The van der Waals surface area contributed by atoms with Crippen LogP contribution in [0.1, 0.15) is 82.5 Å². The van der Waals surface area contributed by atoms with Crippen LogP contribution in [0, 0.1) is 5.92 Å². The summed E-state index contributed by atoms with van der Waals surface area (Å²) in [6.45, 7) is 3.87. The third-order valence-electron chi connectivity index (χ3n) is 14.1. The molecule has 4 aromatic rings. The van der Waals surface area contributed by atoms with Gasteiger partial charge in [0.05, 0.1) is 25.6 Å². The standard InChI is InChI=1S/C56H80N16O14/c1-4-61-54(85)45-12-8-20-72(45)55(86)38(11-7-19-62-56(58)59)65-48(79)39(21-30(2)3)67-52(83)43(27-73)70-49(80)40(22-31-13-15-34(75)16-14-31)68-53(84)44(28-74)71-50(81)41(23-32-25-63-37-10-6-5-9-35(32)37)69-51(82)42(24-33-26-60-29-64-33)66-47(78)36(57)17-18-46(76)77/h5-6,9-10,13-16,25-26,29-30,36,38-45,63,73-75H,4,7-8,11-12,17-24,27-28,57H2,1-3H3,(H,60,64)(H,61,85)(H,65,79)(H,66,78)(H,67,83)(H,68,84)(H,69,82)(H,70,80)(H,71,81)(H,76,77)(H4,58,59,62)/t36-,38-,39-,40-,41-,42-,43+,44-,45-/m0/s1. The van der Waals surface area contributed by atoms with E-state index in [0.717, 1.165) is 0 Å². The van der Waals surface area contributed by atoms with Gasteiger partial charge in [0.15, 0.2) is 5.96 Å². The van der Waals surface area contributed by atoms with Crippen molar-refractivity contribution < 1.29 is 68.4 Å². The summed E-state index contributed by atoms with van der Waals surface area (Å²) >= 11 is 0. The molecule has 0 unspecified atom stereocenters. The van der Waals surface area contributed by atoms with Gasteiger partial charge in [0.2, 0.25) is 53.2 Å². The highest BCUT2D eigenvalue weighted by atomic mass is 16.4. The van der Waals surface area contributed by atoms with Gasteiger partial charge in [-0.05, 0) is 80.7 Å². The lowest BCUT2D eigenvalue weighted by molar-refractivity contribution is -0.142. The summed E-state index contributed by atoms with van der Waals surface area (Å²) in [6, 6.07) is -0.306. The van der Waals surface area contributed by atoms with E-state index >= 15 is 0 Å². The van der Waals surface area contributed by atoms with Crippen LogP contribution in [-0.4, -0.2) is 193 Å². The fourth-order valence-corrected chi connectivity index (χ4v) is 9.60. The molecule has 0 spiro atoms. The number of para-hydroxylation sites is 1. The molecule has 0 saturated carbocycles. The maximum Gasteiger partial charge on any atom is 0.303 e. The zero-order valence-electron chi connectivity index (χ0n) is 48.2. The van der Waals surface area contributed by atoms with Crippen molar-refractivity contribution in [2.75, 3.05) is 32.8 Å². The maximum absolute atomic E-state index is 14.5. The molecular weight excluding hydrogens is 1120 g/mol. The topological polar surface area (TPSA) is 486 Å². The molecule has 9 amide bonds. The number of benzene rings is 2. The van der Waals surface area contributed by atoms with Crippen LogP contribution in [-0.2, 0) is 67.2 Å². The lowest BCUT2D eigenvalue weighted by Gasteiger charge is -2.30. The van der Waals surface area contributed by atoms with Crippen LogP contribution in [0.25, 0.3) is 10.9 Å². The summed E-state index contributed by atoms with van der Waals surface area (Å²) in [5, 5.41) is 61.6. The molecule has 1 aliphatic rings. The predicted octanol–water partition coefficient (Wildman–Crippen LogP) is -3.58.